The number of ether oxygens (including phenoxy) is 5. The van der Waals surface area contributed by atoms with E-state index in [1.807, 2.05) is 41.5 Å². The maximum Gasteiger partial charge on any atom is 1.00 e. The average molecular weight is 773 g/mol. The van der Waals surface area contributed by atoms with Gasteiger partial charge in [-0.25, -0.2) is 0 Å². The predicted molar refractivity (Wildman–Crippen MR) is 196 cm³/mol. The fourth-order valence-corrected chi connectivity index (χ4v) is 10.5. The zero-order valence-electron chi connectivity index (χ0n) is 34.9. The van der Waals surface area contributed by atoms with Crippen molar-refractivity contribution < 1.29 is 83.3 Å². The minimum Gasteiger partial charge on any atom is -0.550 e. The van der Waals surface area contributed by atoms with Crippen molar-refractivity contribution in [3.63, 3.8) is 0 Å². The van der Waals surface area contributed by atoms with E-state index in [1.54, 1.807) is 19.1 Å². The first-order valence-corrected chi connectivity index (χ1v) is 20.7. The van der Waals surface area contributed by atoms with E-state index in [0.29, 0.717) is 57.8 Å². The first-order chi connectivity index (χ1) is 24.8. The molecule has 3 unspecified atom stereocenters. The van der Waals surface area contributed by atoms with Gasteiger partial charge in [0.05, 0.1) is 47.8 Å². The molecule has 5 heterocycles. The molecular weight excluding hydrogens is 703 g/mol. The summed E-state index contributed by atoms with van der Waals surface area (Å²) in [4.78, 5) is 26.2. The van der Waals surface area contributed by atoms with Crippen LogP contribution in [0.25, 0.3) is 0 Å². The minimum atomic E-state index is -1.37. The molecule has 5 aliphatic rings. The largest absolute Gasteiger partial charge is 1.00 e. The molecule has 54 heavy (non-hydrogen) atoms. The van der Waals surface area contributed by atoms with Crippen molar-refractivity contribution >= 4 is 11.8 Å². The smallest absolute Gasteiger partial charge is 0.550 e. The Bertz CT molecular complexity index is 1330. The molecule has 0 amide bonds. The summed E-state index contributed by atoms with van der Waals surface area (Å²) in [6.45, 7) is 19.5. The van der Waals surface area contributed by atoms with Gasteiger partial charge >= 0.3 is 29.6 Å². The molecule has 5 rings (SSSR count). The molecule has 0 aliphatic carbocycles. The summed E-state index contributed by atoms with van der Waals surface area (Å²) in [6, 6.07) is 0. The second kappa shape index (κ2) is 17.8. The van der Waals surface area contributed by atoms with Crippen LogP contribution in [0.3, 0.4) is 0 Å². The number of carboxylic acids is 1. The van der Waals surface area contributed by atoms with Gasteiger partial charge in [0.1, 0.15) is 11.9 Å². The Morgan fingerprint density at radius 2 is 1.57 bits per heavy atom. The summed E-state index contributed by atoms with van der Waals surface area (Å²) in [5.74, 6) is -6.24. The number of hydrogen-bond acceptors (Lipinski definition) is 11. The van der Waals surface area contributed by atoms with E-state index in [2.05, 4.69) is 20.8 Å². The number of aliphatic hydroxyl groups excluding tert-OH is 2. The van der Waals surface area contributed by atoms with Gasteiger partial charge in [0, 0.05) is 42.0 Å². The molecule has 0 radical (unpaired) electrons. The van der Waals surface area contributed by atoms with Crippen LogP contribution in [0.15, 0.2) is 12.2 Å². The van der Waals surface area contributed by atoms with Crippen molar-refractivity contribution in [1.29, 1.82) is 0 Å². The maximum absolute atomic E-state index is 14.4. The van der Waals surface area contributed by atoms with E-state index in [-0.39, 0.29) is 65.3 Å². The van der Waals surface area contributed by atoms with Crippen molar-refractivity contribution in [2.75, 3.05) is 0 Å². The fourth-order valence-electron chi connectivity index (χ4n) is 10.5. The van der Waals surface area contributed by atoms with E-state index in [4.69, 9.17) is 23.7 Å². The molecule has 11 nitrogen and oxygen atoms in total. The van der Waals surface area contributed by atoms with Gasteiger partial charge in [-0.2, -0.15) is 0 Å². The van der Waals surface area contributed by atoms with Crippen LogP contribution in [0.1, 0.15) is 133 Å². The SMILES string of the molecule is CC[C@H](C(=O)[C@H](C)[C@H](O)[C@H](C)C1O[C@@H]([C@H](CC)C(=O)[O-])CC[C@@H]1C)C1O[C@@]2(C=C[C@@H](O)[C@]3(CC[C@](C)(C4CC[C@@](O)(CC)[C@H](C)O4)O3)O2)[C@H](C)C[C@@H]1C.[Na+]. The normalized spacial score (nSPS) is 45.3. The van der Waals surface area contributed by atoms with Crippen LogP contribution in [0.5, 0.6) is 0 Å². The topological polar surface area (TPSA) is 164 Å². The summed E-state index contributed by atoms with van der Waals surface area (Å²) in [5, 5.41) is 46.0. The van der Waals surface area contributed by atoms with Crippen molar-refractivity contribution in [2.24, 2.45) is 41.4 Å². The van der Waals surface area contributed by atoms with Crippen LogP contribution in [-0.4, -0.2) is 92.6 Å². The molecule has 18 atom stereocenters. The molecule has 304 valence electrons. The van der Waals surface area contributed by atoms with E-state index >= 15 is 0 Å². The monoisotopic (exact) mass is 772 g/mol. The van der Waals surface area contributed by atoms with Gasteiger partial charge in [-0.05, 0) is 95.6 Å². The zero-order chi connectivity index (χ0) is 39.3. The number of carbonyl (C=O) groups is 2. The molecule has 0 bridgehead atoms. The molecule has 0 aromatic carbocycles. The number of ketones is 1. The van der Waals surface area contributed by atoms with Gasteiger partial charge in [0.2, 0.25) is 5.79 Å². The second-order valence-electron chi connectivity index (χ2n) is 17.9. The van der Waals surface area contributed by atoms with Gasteiger partial charge in [0.25, 0.3) is 0 Å². The minimum absolute atomic E-state index is 0. The van der Waals surface area contributed by atoms with E-state index < -0.39 is 82.9 Å². The second-order valence-corrected chi connectivity index (χ2v) is 17.9. The van der Waals surface area contributed by atoms with Gasteiger partial charge < -0.3 is 48.9 Å². The van der Waals surface area contributed by atoms with E-state index in [0.717, 1.165) is 6.42 Å². The maximum atomic E-state index is 14.4. The molecule has 5 aliphatic heterocycles. The van der Waals surface area contributed by atoms with Crippen molar-refractivity contribution in [3.05, 3.63) is 12.2 Å². The first-order valence-electron chi connectivity index (χ1n) is 20.7. The standard InChI is InChI=1S/C42H70O11.Na/c1-11-29(38(46)47)31-15-14-23(4)36(50-31)27(8)34(44)26(7)35(45)30(12-2)37-24(5)22-25(6)41(51-37)19-16-32(43)42(53-41)21-20-39(10,52-42)33-17-18-40(48,13-3)28(9)49-33;/h16,19,23-34,36-37,43-44,48H,11-15,17-18,20-22H2,1-10H3,(H,46,47);/q;+1/p-1/t23-,24-,25+,26+,27-,28-,29-,30+,31+,32+,33?,34-,36?,37?,39+,40-,41+,42-;/m0./s1. The fraction of sp³-hybridized carbons (Fsp3) is 0.905. The molecule has 0 saturated carbocycles. The van der Waals surface area contributed by atoms with Crippen LogP contribution >= 0.6 is 0 Å². The Kier molecular flexibility index (Phi) is 15.3. The summed E-state index contributed by atoms with van der Waals surface area (Å²) in [7, 11) is 0. The molecule has 0 aromatic rings. The van der Waals surface area contributed by atoms with E-state index in [9.17, 15) is 30.0 Å². The van der Waals surface area contributed by atoms with Gasteiger partial charge in [0.15, 0.2) is 5.79 Å². The Morgan fingerprint density at radius 1 is 0.907 bits per heavy atom. The first kappa shape index (κ1) is 46.3. The third-order valence-electron chi connectivity index (χ3n) is 14.4. The number of hydrogen-bond donors (Lipinski definition) is 3. The predicted octanol–water partition coefficient (Wildman–Crippen LogP) is 1.86. The summed E-state index contributed by atoms with van der Waals surface area (Å²) < 4.78 is 33.4. The Morgan fingerprint density at radius 3 is 2.17 bits per heavy atom. The van der Waals surface area contributed by atoms with Crippen LogP contribution in [0, 0.1) is 41.4 Å². The molecule has 4 fully saturated rings. The Labute approximate surface area is 345 Å². The quantitative estimate of drug-likeness (QED) is 0.196. The van der Waals surface area contributed by atoms with Gasteiger partial charge in [-0.1, -0.05) is 55.4 Å². The summed E-state index contributed by atoms with van der Waals surface area (Å²) in [6.07, 6.45) is 5.22. The molecule has 2 spiro atoms. The van der Waals surface area contributed by atoms with Gasteiger partial charge in [-0.3, -0.25) is 4.79 Å². The molecule has 3 N–H and O–H groups in total. The molecular formula is C42H69NaO11. The van der Waals surface area contributed by atoms with Gasteiger partial charge in [-0.15, -0.1) is 0 Å². The third-order valence-corrected chi connectivity index (χ3v) is 14.4. The van der Waals surface area contributed by atoms with Crippen LogP contribution in [0.2, 0.25) is 0 Å². The third kappa shape index (κ3) is 8.63. The Balaban J connectivity index is 0.00000650. The number of Topliss-reactive ketones (excluding diaryl/α,β-unsaturated/α-hetero) is 1. The molecule has 4 saturated heterocycles. The number of rotatable bonds is 12. The zero-order valence-corrected chi connectivity index (χ0v) is 36.9. The van der Waals surface area contributed by atoms with Crippen molar-refractivity contribution in [1.82, 2.24) is 0 Å². The summed E-state index contributed by atoms with van der Waals surface area (Å²) in [5.41, 5.74) is -1.64. The van der Waals surface area contributed by atoms with Crippen LogP contribution in [-0.2, 0) is 33.3 Å². The molecule has 12 heteroatoms. The van der Waals surface area contributed by atoms with Crippen molar-refractivity contribution in [3.8, 4) is 0 Å². The number of carboxylic acid groups (broad SMARTS) is 1. The molecule has 0 aromatic heterocycles. The van der Waals surface area contributed by atoms with Crippen molar-refractivity contribution in [2.45, 2.75) is 199 Å². The van der Waals surface area contributed by atoms with E-state index in [1.165, 1.54) is 0 Å². The summed E-state index contributed by atoms with van der Waals surface area (Å²) >= 11 is 0. The Hall–Kier alpha value is -0.440. The number of aliphatic carboxylic acids is 1. The van der Waals surface area contributed by atoms with Crippen LogP contribution in [0.4, 0.5) is 0 Å². The average Bonchev–Trinajstić information content (AvgIpc) is 3.47. The van der Waals surface area contributed by atoms with Crippen LogP contribution < -0.4 is 34.7 Å². The number of carbonyl (C=O) groups excluding carboxylic acids is 2. The number of aliphatic hydroxyl groups is 3.